The SMILES string of the molecule is Cc1cc(CNC2C(F)CC3C(=O)C(C(=O)NCCC4CCCN4C)=CN4C5CC6CCCCC6CC5OC2C34)co1. The van der Waals surface area contributed by atoms with Crippen LogP contribution in [0.5, 0.6) is 0 Å². The summed E-state index contributed by atoms with van der Waals surface area (Å²) >= 11 is 0. The second-order valence-electron chi connectivity index (χ2n) is 14.0. The minimum absolute atomic E-state index is 0.0244. The van der Waals surface area contributed by atoms with Gasteiger partial charge in [0.15, 0.2) is 5.78 Å². The first-order valence-electron chi connectivity index (χ1n) is 16.5. The third kappa shape index (κ3) is 5.23. The number of ether oxygens (including phenoxy) is 1. The van der Waals surface area contributed by atoms with Gasteiger partial charge in [-0.05, 0) is 76.9 Å². The number of rotatable bonds is 7. The lowest BCUT2D eigenvalue weighted by atomic mass is 9.65. The minimum Gasteiger partial charge on any atom is -0.469 e. The third-order valence-corrected chi connectivity index (χ3v) is 11.5. The summed E-state index contributed by atoms with van der Waals surface area (Å²) in [7, 11) is 2.13. The summed E-state index contributed by atoms with van der Waals surface area (Å²) in [5.74, 6) is 0.998. The van der Waals surface area contributed by atoms with Crippen LogP contribution in [0.2, 0.25) is 0 Å². The van der Waals surface area contributed by atoms with Gasteiger partial charge in [0.1, 0.15) is 11.9 Å². The predicted octanol–water partition coefficient (Wildman–Crippen LogP) is 3.88. The van der Waals surface area contributed by atoms with Crippen molar-refractivity contribution >= 4 is 11.7 Å². The van der Waals surface area contributed by atoms with Crippen LogP contribution < -0.4 is 10.6 Å². The topological polar surface area (TPSA) is 87.1 Å². The molecule has 10 atom stereocenters. The van der Waals surface area contributed by atoms with Gasteiger partial charge in [-0.15, -0.1) is 0 Å². The Labute approximate surface area is 248 Å². The van der Waals surface area contributed by atoms with E-state index >= 15 is 4.39 Å². The number of carbonyl (C=O) groups excluding carboxylic acids is 2. The van der Waals surface area contributed by atoms with Gasteiger partial charge in [-0.25, -0.2) is 4.39 Å². The minimum atomic E-state index is -1.25. The first kappa shape index (κ1) is 28.5. The first-order chi connectivity index (χ1) is 20.4. The number of carbonyl (C=O) groups is 2. The molecule has 6 aliphatic rings. The molecule has 4 heterocycles. The fourth-order valence-corrected chi connectivity index (χ4v) is 9.31. The Bertz CT molecular complexity index is 1200. The molecule has 10 unspecified atom stereocenters. The number of fused-ring (bicyclic) bond motifs is 3. The molecule has 230 valence electrons. The number of aryl methyl sites for hydroxylation is 1. The number of furan rings is 1. The Morgan fingerprint density at radius 2 is 1.93 bits per heavy atom. The third-order valence-electron chi connectivity index (χ3n) is 11.5. The predicted molar refractivity (Wildman–Crippen MR) is 156 cm³/mol. The van der Waals surface area contributed by atoms with E-state index in [1.807, 2.05) is 19.2 Å². The van der Waals surface area contributed by atoms with Crippen LogP contribution in [0.1, 0.15) is 75.5 Å². The van der Waals surface area contributed by atoms with Crippen LogP contribution in [-0.4, -0.2) is 84.2 Å². The molecular formula is C33H47FN4O4. The molecule has 7 rings (SSSR count). The normalized spacial score (nSPS) is 39.7. The standard InChI is InChI=1S/C33H47FN4O4/c1-19-12-20(18-41-19)16-36-29-26(34)15-24-30-32(29)42-28-14-22-7-4-3-6-21(22)13-27(28)38(30)17-25(31(24)39)33(40)35-10-9-23-8-5-11-37(23)2/h12,17-18,21-24,26-30,32,36H,3-11,13-16H2,1-2H3,(H,35,40). The molecule has 0 spiro atoms. The van der Waals surface area contributed by atoms with E-state index in [4.69, 9.17) is 9.15 Å². The summed E-state index contributed by atoms with van der Waals surface area (Å²) in [5, 5.41) is 6.50. The van der Waals surface area contributed by atoms with Crippen molar-refractivity contribution in [1.29, 1.82) is 0 Å². The van der Waals surface area contributed by atoms with Crippen molar-refractivity contribution in [3.63, 3.8) is 0 Å². The van der Waals surface area contributed by atoms with E-state index < -0.39 is 24.2 Å². The summed E-state index contributed by atoms with van der Waals surface area (Å²) in [5.41, 5.74) is 1.17. The number of halogens is 1. The molecule has 42 heavy (non-hydrogen) atoms. The molecule has 3 aliphatic heterocycles. The molecule has 3 aliphatic carbocycles. The van der Waals surface area contributed by atoms with E-state index in [2.05, 4.69) is 27.5 Å². The molecule has 0 radical (unpaired) electrons. The Morgan fingerprint density at radius 1 is 1.12 bits per heavy atom. The lowest BCUT2D eigenvalue weighted by molar-refractivity contribution is -0.208. The molecular weight excluding hydrogens is 535 g/mol. The molecule has 0 aromatic carbocycles. The van der Waals surface area contributed by atoms with E-state index in [-0.39, 0.29) is 41.9 Å². The molecule has 1 amide bonds. The quantitative estimate of drug-likeness (QED) is 0.472. The average Bonchev–Trinajstić information content (AvgIpc) is 3.59. The molecule has 2 saturated heterocycles. The number of Topliss-reactive ketones (excluding diaryl/α,β-unsaturated/α-hetero) is 1. The van der Waals surface area contributed by atoms with Gasteiger partial charge in [0.2, 0.25) is 0 Å². The summed E-state index contributed by atoms with van der Waals surface area (Å²) in [6, 6.07) is 1.75. The maximum Gasteiger partial charge on any atom is 0.256 e. The molecule has 8 nitrogen and oxygen atoms in total. The number of hydrogen-bond donors (Lipinski definition) is 2. The zero-order chi connectivity index (χ0) is 29.0. The van der Waals surface area contributed by atoms with Crippen molar-refractivity contribution < 1.29 is 23.1 Å². The van der Waals surface area contributed by atoms with Crippen LogP contribution in [0.3, 0.4) is 0 Å². The van der Waals surface area contributed by atoms with Crippen LogP contribution in [0.25, 0.3) is 0 Å². The fourth-order valence-electron chi connectivity index (χ4n) is 9.31. The van der Waals surface area contributed by atoms with Gasteiger partial charge in [-0.2, -0.15) is 0 Å². The Morgan fingerprint density at radius 3 is 2.67 bits per heavy atom. The number of ketones is 1. The van der Waals surface area contributed by atoms with Crippen LogP contribution >= 0.6 is 0 Å². The number of hydrogen-bond acceptors (Lipinski definition) is 7. The number of likely N-dealkylation sites (tertiary alicyclic amines) is 1. The Kier molecular flexibility index (Phi) is 7.95. The van der Waals surface area contributed by atoms with Crippen LogP contribution in [-0.2, 0) is 20.9 Å². The number of nitrogens with one attached hydrogen (secondary N) is 2. The number of amides is 1. The van der Waals surface area contributed by atoms with Crippen molar-refractivity contribution in [2.75, 3.05) is 20.1 Å². The lowest BCUT2D eigenvalue weighted by Crippen LogP contribution is -2.73. The van der Waals surface area contributed by atoms with E-state index in [9.17, 15) is 9.59 Å². The van der Waals surface area contributed by atoms with Crippen molar-refractivity contribution in [2.24, 2.45) is 17.8 Å². The molecule has 0 bridgehead atoms. The lowest BCUT2D eigenvalue weighted by Gasteiger charge is -2.61. The van der Waals surface area contributed by atoms with Crippen LogP contribution in [0.4, 0.5) is 4.39 Å². The van der Waals surface area contributed by atoms with E-state index in [0.717, 1.165) is 43.6 Å². The first-order valence-corrected chi connectivity index (χ1v) is 16.5. The van der Waals surface area contributed by atoms with Crippen molar-refractivity contribution in [3.8, 4) is 0 Å². The zero-order valence-electron chi connectivity index (χ0n) is 25.1. The molecule has 9 heteroatoms. The van der Waals surface area contributed by atoms with Gasteiger partial charge in [0.05, 0.1) is 42.2 Å². The van der Waals surface area contributed by atoms with Crippen molar-refractivity contribution in [1.82, 2.24) is 20.4 Å². The summed E-state index contributed by atoms with van der Waals surface area (Å²) in [6.07, 6.45) is 12.1. The maximum absolute atomic E-state index is 16.1. The number of morpholine rings is 1. The maximum atomic E-state index is 16.1. The van der Waals surface area contributed by atoms with Gasteiger partial charge in [0.25, 0.3) is 5.91 Å². The van der Waals surface area contributed by atoms with Gasteiger partial charge < -0.3 is 29.6 Å². The van der Waals surface area contributed by atoms with Crippen molar-refractivity contribution in [2.45, 2.75) is 120 Å². The molecule has 1 aromatic rings. The van der Waals surface area contributed by atoms with E-state index in [0.29, 0.717) is 31.0 Å². The smallest absolute Gasteiger partial charge is 0.256 e. The van der Waals surface area contributed by atoms with Crippen molar-refractivity contribution in [3.05, 3.63) is 35.4 Å². The van der Waals surface area contributed by atoms with Crippen LogP contribution in [0, 0.1) is 24.7 Å². The number of alkyl halides is 1. The highest BCUT2D eigenvalue weighted by Gasteiger charge is 2.59. The van der Waals surface area contributed by atoms with Gasteiger partial charge in [-0.3, -0.25) is 9.59 Å². The van der Waals surface area contributed by atoms with E-state index in [1.165, 1.54) is 32.1 Å². The van der Waals surface area contributed by atoms with Gasteiger partial charge in [-0.1, -0.05) is 25.7 Å². The Hall–Kier alpha value is -2.23. The molecule has 5 fully saturated rings. The summed E-state index contributed by atoms with van der Waals surface area (Å²) in [4.78, 5) is 32.1. The summed E-state index contributed by atoms with van der Waals surface area (Å²) in [6.45, 7) is 4.01. The van der Waals surface area contributed by atoms with Gasteiger partial charge in [0, 0.05) is 36.8 Å². The Balaban J connectivity index is 1.15. The second-order valence-corrected chi connectivity index (χ2v) is 14.0. The van der Waals surface area contributed by atoms with Gasteiger partial charge >= 0.3 is 0 Å². The fraction of sp³-hybridized carbons (Fsp3) is 0.758. The zero-order valence-corrected chi connectivity index (χ0v) is 25.1. The highest BCUT2D eigenvalue weighted by molar-refractivity contribution is 6.20. The largest absolute Gasteiger partial charge is 0.469 e. The van der Waals surface area contributed by atoms with E-state index in [1.54, 1.807) is 6.26 Å². The second kappa shape index (κ2) is 11.7. The number of nitrogens with zero attached hydrogens (tertiary/aromatic N) is 2. The molecule has 2 N–H and O–H groups in total. The highest BCUT2D eigenvalue weighted by Crippen LogP contribution is 2.50. The highest BCUT2D eigenvalue weighted by atomic mass is 19.1. The molecule has 3 saturated carbocycles. The van der Waals surface area contributed by atoms with Crippen LogP contribution in [0.15, 0.2) is 28.5 Å². The average molecular weight is 583 g/mol. The monoisotopic (exact) mass is 582 g/mol. The molecule has 1 aromatic heterocycles. The summed E-state index contributed by atoms with van der Waals surface area (Å²) < 4.78 is 28.4.